The van der Waals surface area contributed by atoms with Gasteiger partial charge in [-0.25, -0.2) is 0 Å². The Balaban J connectivity index is 3.79. The highest BCUT2D eigenvalue weighted by Gasteiger charge is 2.14. The summed E-state index contributed by atoms with van der Waals surface area (Å²) in [5.74, 6) is 0. The summed E-state index contributed by atoms with van der Waals surface area (Å²) in [6.07, 6.45) is 4.94. The highest BCUT2D eigenvalue weighted by atomic mass is 32.3. The summed E-state index contributed by atoms with van der Waals surface area (Å²) in [5, 5.41) is 9.86. The van der Waals surface area contributed by atoms with Gasteiger partial charge in [0.25, 0.3) is 0 Å². The van der Waals surface area contributed by atoms with E-state index in [0.717, 1.165) is 0 Å². The number of nitro groups is 1. The summed E-state index contributed by atoms with van der Waals surface area (Å²) >= 11 is 0. The van der Waals surface area contributed by atoms with Crippen molar-refractivity contribution in [2.45, 2.75) is 0 Å². The Bertz CT molecular complexity index is 85.4. The molecule has 0 fully saturated rings. The molecule has 0 unspecified atom stereocenters. The first-order valence-corrected chi connectivity index (χ1v) is 4.59. The molecular weight excluding hydrogens is 114 g/mol. The summed E-state index contributed by atoms with van der Waals surface area (Å²) in [5.41, 5.74) is 0. The maximum Gasteiger partial charge on any atom is 0.0703 e. The minimum Gasteiger partial charge on any atom is -0.252 e. The third-order valence-electron chi connectivity index (χ3n) is 0.447. The molecule has 7 heavy (non-hydrogen) atoms. The van der Waals surface area contributed by atoms with Gasteiger partial charge < -0.3 is 0 Å². The average Bonchev–Trinajstić information content (AvgIpc) is 1.31. The Morgan fingerprint density at radius 1 is 1.43 bits per heavy atom. The van der Waals surface area contributed by atoms with Crippen LogP contribution in [-0.2, 0) is 0 Å². The molecule has 4 heteroatoms. The zero-order valence-corrected chi connectivity index (χ0v) is 5.49. The molecule has 3 nitrogen and oxygen atoms in total. The van der Waals surface area contributed by atoms with Crippen molar-refractivity contribution >= 4 is 10.2 Å². The topological polar surface area (TPSA) is 43.1 Å². The van der Waals surface area contributed by atoms with Crippen LogP contribution in [0.2, 0.25) is 0 Å². The normalized spacial score (nSPS) is 13.6. The highest BCUT2D eigenvalue weighted by molar-refractivity contribution is 8.27. The lowest BCUT2D eigenvalue weighted by Gasteiger charge is -2.11. The monoisotopic (exact) mass is 123 g/mol. The minimum absolute atomic E-state index is 0.229. The van der Waals surface area contributed by atoms with Crippen LogP contribution in [0.3, 0.4) is 0 Å². The predicted molar refractivity (Wildman–Crippen MR) is 32.4 cm³/mol. The quantitative estimate of drug-likeness (QED) is 0.383. The first kappa shape index (κ1) is 6.75. The van der Waals surface area contributed by atoms with Crippen LogP contribution in [0, 0.1) is 10.1 Å². The van der Waals surface area contributed by atoms with Crippen molar-refractivity contribution < 1.29 is 4.33 Å². The summed E-state index contributed by atoms with van der Waals surface area (Å²) in [6.45, 7) is 0. The van der Waals surface area contributed by atoms with Crippen LogP contribution in [0.25, 0.3) is 0 Å². The molecule has 0 N–H and O–H groups in total. The zero-order chi connectivity index (χ0) is 6.08. The minimum atomic E-state index is -1.52. The third-order valence-corrected chi connectivity index (χ3v) is 1.34. The van der Waals surface area contributed by atoms with Gasteiger partial charge in [-0.2, -0.15) is 0 Å². The lowest BCUT2D eigenvalue weighted by atomic mass is 11.9. The van der Waals surface area contributed by atoms with Crippen LogP contribution in [0.1, 0.15) is 0 Å². The molecule has 0 rings (SSSR count). The van der Waals surface area contributed by atoms with Crippen LogP contribution >= 0.6 is 10.2 Å². The van der Waals surface area contributed by atoms with Crippen molar-refractivity contribution in [3.8, 4) is 0 Å². The van der Waals surface area contributed by atoms with Crippen molar-refractivity contribution in [2.24, 2.45) is 0 Å². The summed E-state index contributed by atoms with van der Waals surface area (Å²) in [4.78, 5) is 9.86. The summed E-state index contributed by atoms with van der Waals surface area (Å²) < 4.78 is -0.229. The maximum atomic E-state index is 9.86. The predicted octanol–water partition coefficient (Wildman–Crippen LogP) is 0.872. The van der Waals surface area contributed by atoms with Gasteiger partial charge in [-0.05, 0) is 0 Å². The molecule has 0 aliphatic heterocycles. The molecule has 44 valence electrons. The molecule has 0 amide bonds. The van der Waals surface area contributed by atoms with Crippen LogP contribution in [0.5, 0.6) is 0 Å². The fraction of sp³-hybridized carbons (Fsp3) is 1.00. The molecule has 0 heterocycles. The van der Waals surface area contributed by atoms with Crippen LogP contribution in [0.15, 0.2) is 0 Å². The lowest BCUT2D eigenvalue weighted by Crippen LogP contribution is -2.03. The van der Waals surface area contributed by atoms with Crippen LogP contribution in [0.4, 0.5) is 0 Å². The first-order chi connectivity index (χ1) is 2.94. The number of hydrogen-bond acceptors (Lipinski definition) is 2. The molecule has 0 aliphatic rings. The molecule has 0 bridgehead atoms. The third kappa shape index (κ3) is 2.45. The van der Waals surface area contributed by atoms with Gasteiger partial charge in [0.1, 0.15) is 0 Å². The molecule has 0 atom stereocenters. The molecule has 0 saturated heterocycles. The molecule has 0 saturated carbocycles. The van der Waals surface area contributed by atoms with Crippen molar-refractivity contribution in [3.05, 3.63) is 10.1 Å². The van der Waals surface area contributed by atoms with Crippen molar-refractivity contribution in [1.82, 2.24) is 0 Å². The van der Waals surface area contributed by atoms with Gasteiger partial charge >= 0.3 is 0 Å². The molecular formula is C3H9NO2S. The fourth-order valence-corrected chi connectivity index (χ4v) is 0. The van der Waals surface area contributed by atoms with Crippen molar-refractivity contribution in [3.63, 3.8) is 0 Å². The second kappa shape index (κ2) is 1.69. The smallest absolute Gasteiger partial charge is 0.0703 e. The number of rotatable bonds is 1. The molecule has 0 aliphatic carbocycles. The Labute approximate surface area is 44.3 Å². The van der Waals surface area contributed by atoms with Gasteiger partial charge in [-0.1, -0.05) is 0 Å². The molecule has 0 radical (unpaired) electrons. The second-order valence-electron chi connectivity index (χ2n) is 2.00. The van der Waals surface area contributed by atoms with E-state index in [4.69, 9.17) is 0 Å². The summed E-state index contributed by atoms with van der Waals surface area (Å²) in [6, 6.07) is 0. The standard InChI is InChI=1S/C3H9NO2S/c1-7(2,3)4(5)6/h1-3H3. The van der Waals surface area contributed by atoms with E-state index in [1.54, 1.807) is 18.8 Å². The van der Waals surface area contributed by atoms with Gasteiger partial charge in [0, 0.05) is 29.0 Å². The SMILES string of the molecule is CS(C)(C)[N+](=O)[O-]. The average molecular weight is 123 g/mol. The van der Waals surface area contributed by atoms with Gasteiger partial charge in [-0.15, -0.1) is 0 Å². The van der Waals surface area contributed by atoms with Crippen LogP contribution in [-0.4, -0.2) is 23.1 Å². The molecule has 0 aromatic rings. The molecule has 0 aromatic heterocycles. The Hall–Kier alpha value is -0.250. The molecule has 0 spiro atoms. The van der Waals surface area contributed by atoms with Gasteiger partial charge in [0.15, 0.2) is 0 Å². The van der Waals surface area contributed by atoms with Gasteiger partial charge in [0.2, 0.25) is 0 Å². The van der Waals surface area contributed by atoms with Crippen LogP contribution < -0.4 is 0 Å². The number of hydrogen-bond donors (Lipinski definition) is 0. The largest absolute Gasteiger partial charge is 0.252 e. The zero-order valence-electron chi connectivity index (χ0n) is 4.67. The number of nitrogens with zero attached hydrogens (tertiary/aromatic N) is 1. The lowest BCUT2D eigenvalue weighted by molar-refractivity contribution is -0.294. The van der Waals surface area contributed by atoms with E-state index in [-0.39, 0.29) is 4.33 Å². The second-order valence-corrected chi connectivity index (χ2v) is 5.84. The van der Waals surface area contributed by atoms with E-state index in [2.05, 4.69) is 0 Å². The Kier molecular flexibility index (Phi) is 1.63. The van der Waals surface area contributed by atoms with E-state index >= 15 is 0 Å². The van der Waals surface area contributed by atoms with Gasteiger partial charge in [-0.3, -0.25) is 10.1 Å². The van der Waals surface area contributed by atoms with Crippen molar-refractivity contribution in [2.75, 3.05) is 18.8 Å². The van der Waals surface area contributed by atoms with E-state index in [0.29, 0.717) is 0 Å². The van der Waals surface area contributed by atoms with E-state index in [1.165, 1.54) is 0 Å². The fourth-order valence-electron chi connectivity index (χ4n) is 0. The van der Waals surface area contributed by atoms with E-state index in [9.17, 15) is 10.1 Å². The first-order valence-electron chi connectivity index (χ1n) is 1.77. The Morgan fingerprint density at radius 2 is 1.57 bits per heavy atom. The molecule has 0 aromatic carbocycles. The Morgan fingerprint density at radius 3 is 1.57 bits per heavy atom. The highest BCUT2D eigenvalue weighted by Crippen LogP contribution is 2.33. The van der Waals surface area contributed by atoms with Gasteiger partial charge in [0.05, 0.1) is 4.33 Å². The summed E-state index contributed by atoms with van der Waals surface area (Å²) in [7, 11) is -1.52. The maximum absolute atomic E-state index is 9.86. The van der Waals surface area contributed by atoms with Crippen molar-refractivity contribution in [1.29, 1.82) is 0 Å². The van der Waals surface area contributed by atoms with E-state index < -0.39 is 10.2 Å². The van der Waals surface area contributed by atoms with E-state index in [1.807, 2.05) is 0 Å².